The lowest BCUT2D eigenvalue weighted by Gasteiger charge is -2.43. The fourth-order valence-corrected chi connectivity index (χ4v) is 7.46. The van der Waals surface area contributed by atoms with Crippen molar-refractivity contribution in [3.8, 4) is 5.75 Å². The highest BCUT2D eigenvalue weighted by atomic mass is 35.5. The summed E-state index contributed by atoms with van der Waals surface area (Å²) in [5.41, 5.74) is 0.785. The molecule has 1 aromatic heterocycles. The van der Waals surface area contributed by atoms with Crippen molar-refractivity contribution in [2.75, 3.05) is 19.0 Å². The number of benzene rings is 3. The number of rotatable bonds is 11. The third-order valence-electron chi connectivity index (χ3n) is 8.94. The Hall–Kier alpha value is -3.73. The second kappa shape index (κ2) is 15.0. The van der Waals surface area contributed by atoms with E-state index in [1.54, 1.807) is 36.7 Å². The van der Waals surface area contributed by atoms with E-state index in [0.717, 1.165) is 5.56 Å². The van der Waals surface area contributed by atoms with Gasteiger partial charge in [-0.25, -0.2) is 9.18 Å². The summed E-state index contributed by atoms with van der Waals surface area (Å²) in [4.78, 5) is 30.3. The van der Waals surface area contributed by atoms with Crippen LogP contribution in [0.3, 0.4) is 0 Å². The number of carboxylic acid groups (broad SMARTS) is 1. The number of pyridine rings is 1. The van der Waals surface area contributed by atoms with Crippen LogP contribution in [0, 0.1) is 11.2 Å². The molecule has 0 radical (unpaired) electrons. The molecule has 49 heavy (non-hydrogen) atoms. The molecule has 4 N–H and O–H groups in total. The molecule has 0 spiro atoms. The molecule has 1 amide bonds. The second-order valence-corrected chi connectivity index (χ2v) is 14.6. The first-order valence-electron chi connectivity index (χ1n) is 15.7. The van der Waals surface area contributed by atoms with Gasteiger partial charge in [0.25, 0.3) is 0 Å². The molecule has 4 aromatic rings. The van der Waals surface area contributed by atoms with Crippen LogP contribution < -0.4 is 20.7 Å². The number of amides is 1. The van der Waals surface area contributed by atoms with Crippen molar-refractivity contribution in [2.24, 2.45) is 5.41 Å². The lowest BCUT2D eigenvalue weighted by Crippen LogP contribution is -2.51. The highest BCUT2D eigenvalue weighted by Crippen LogP contribution is 2.54. The molecule has 0 bridgehead atoms. The van der Waals surface area contributed by atoms with Crippen LogP contribution in [-0.4, -0.2) is 47.7 Å². The first-order chi connectivity index (χ1) is 23.2. The molecule has 1 aliphatic heterocycles. The van der Waals surface area contributed by atoms with Crippen LogP contribution in [0.2, 0.25) is 15.1 Å². The minimum Gasteiger partial charge on any atom is -0.495 e. The van der Waals surface area contributed by atoms with E-state index in [1.807, 2.05) is 18.2 Å². The van der Waals surface area contributed by atoms with E-state index < -0.39 is 41.1 Å². The average Bonchev–Trinajstić information content (AvgIpc) is 3.35. The van der Waals surface area contributed by atoms with E-state index >= 15 is 4.39 Å². The predicted molar refractivity (Wildman–Crippen MR) is 192 cm³/mol. The molecular formula is C37H38Cl3FN4O4. The molecule has 1 aliphatic rings. The number of methoxy groups -OCH3 is 1. The Morgan fingerprint density at radius 3 is 2.43 bits per heavy atom. The molecule has 12 heteroatoms. The van der Waals surface area contributed by atoms with Crippen molar-refractivity contribution in [3.63, 3.8) is 0 Å². The Labute approximate surface area is 300 Å². The van der Waals surface area contributed by atoms with E-state index in [9.17, 15) is 14.7 Å². The maximum Gasteiger partial charge on any atom is 0.335 e. The normalized spacial score (nSPS) is 20.6. The number of hydrogen-bond acceptors (Lipinski definition) is 6. The molecule has 1 fully saturated rings. The number of aromatic carboxylic acids is 1. The lowest BCUT2D eigenvalue weighted by molar-refractivity contribution is -0.118. The van der Waals surface area contributed by atoms with E-state index in [-0.39, 0.29) is 39.0 Å². The number of nitrogens with one attached hydrogen (secondary N) is 3. The smallest absolute Gasteiger partial charge is 0.335 e. The largest absolute Gasteiger partial charge is 0.495 e. The van der Waals surface area contributed by atoms with Gasteiger partial charge in [0.15, 0.2) is 0 Å². The summed E-state index contributed by atoms with van der Waals surface area (Å²) in [6, 6.07) is 16.4. The van der Waals surface area contributed by atoms with E-state index in [0.29, 0.717) is 29.1 Å². The summed E-state index contributed by atoms with van der Waals surface area (Å²) in [6.07, 6.45) is 3.95. The third kappa shape index (κ3) is 7.87. The number of hydrogen-bond donors (Lipinski definition) is 4. The van der Waals surface area contributed by atoms with Gasteiger partial charge in [-0.05, 0) is 77.1 Å². The fourth-order valence-electron chi connectivity index (χ4n) is 6.88. The van der Waals surface area contributed by atoms with Crippen molar-refractivity contribution < 1.29 is 23.8 Å². The molecule has 0 aliphatic carbocycles. The van der Waals surface area contributed by atoms with Crippen LogP contribution in [0.4, 0.5) is 10.1 Å². The minimum absolute atomic E-state index is 0.000157. The van der Waals surface area contributed by atoms with Crippen molar-refractivity contribution in [3.05, 3.63) is 122 Å². The van der Waals surface area contributed by atoms with Gasteiger partial charge in [-0.2, -0.15) is 0 Å². The maximum atomic E-state index is 16.5. The number of ether oxygens (including phenoxy) is 1. The van der Waals surface area contributed by atoms with E-state index in [1.165, 1.54) is 31.4 Å². The van der Waals surface area contributed by atoms with Gasteiger partial charge in [0.1, 0.15) is 11.6 Å². The zero-order valence-corrected chi connectivity index (χ0v) is 29.8. The number of carbonyl (C=O) groups excluding carboxylic acids is 1. The quantitative estimate of drug-likeness (QED) is 0.124. The maximum absolute atomic E-state index is 16.5. The molecule has 1 saturated heterocycles. The standard InChI is InChI=1S/C37H38Cl3FN4O4/c1-36(2,3)18-30-37(25-10-9-23(38)17-27(25)41,20-43-19-21-12-14-42-15-13-21)31(24-6-5-7-26(39)32(24)40)33(45-30)34(46)44-28-11-8-22(35(47)48)16-29(28)49-4/h5-17,30-31,33,43,45H,18-20H2,1-4H3,(H,44,46)(H,47,48)/t30-,31-,33+,37-/m0/s1. The number of anilines is 1. The van der Waals surface area contributed by atoms with Gasteiger partial charge in [-0.1, -0.05) is 73.8 Å². The van der Waals surface area contributed by atoms with Crippen LogP contribution in [-0.2, 0) is 16.8 Å². The SMILES string of the molecule is COc1cc(C(=O)O)ccc1NC(=O)[C@@H]1N[C@@H](CC(C)(C)C)[C@](CNCc2ccncc2)(c2ccc(Cl)cc2F)[C@H]1c1cccc(Cl)c1Cl. The number of halogens is 4. The van der Waals surface area contributed by atoms with Gasteiger partial charge < -0.3 is 25.8 Å². The second-order valence-electron chi connectivity index (χ2n) is 13.4. The third-order valence-corrected chi connectivity index (χ3v) is 10.0. The molecule has 5 rings (SSSR count). The fraction of sp³-hybridized carbons (Fsp3) is 0.324. The Balaban J connectivity index is 1.72. The molecule has 2 heterocycles. The van der Waals surface area contributed by atoms with Crippen LogP contribution >= 0.6 is 34.8 Å². The first-order valence-corrected chi connectivity index (χ1v) is 16.9. The Morgan fingerprint density at radius 2 is 1.78 bits per heavy atom. The van der Waals surface area contributed by atoms with Gasteiger partial charge in [-0.15, -0.1) is 0 Å². The summed E-state index contributed by atoms with van der Waals surface area (Å²) in [5, 5.41) is 20.4. The highest BCUT2D eigenvalue weighted by molar-refractivity contribution is 6.42. The zero-order chi connectivity index (χ0) is 35.5. The summed E-state index contributed by atoms with van der Waals surface area (Å²) in [5.74, 6) is -2.70. The molecule has 258 valence electrons. The van der Waals surface area contributed by atoms with E-state index in [4.69, 9.17) is 39.5 Å². The molecular weight excluding hydrogens is 690 g/mol. The first kappa shape index (κ1) is 36.5. The Morgan fingerprint density at radius 1 is 1.04 bits per heavy atom. The van der Waals surface area contributed by atoms with Crippen LogP contribution in [0.1, 0.15) is 60.2 Å². The van der Waals surface area contributed by atoms with Gasteiger partial charge in [0.2, 0.25) is 5.91 Å². The molecule has 0 saturated carbocycles. The van der Waals surface area contributed by atoms with Gasteiger partial charge >= 0.3 is 5.97 Å². The van der Waals surface area contributed by atoms with Crippen molar-refractivity contribution in [1.82, 2.24) is 15.6 Å². The van der Waals surface area contributed by atoms with Crippen LogP contribution in [0.25, 0.3) is 0 Å². The number of nitrogens with zero attached hydrogens (tertiary/aromatic N) is 1. The highest BCUT2D eigenvalue weighted by Gasteiger charge is 2.60. The summed E-state index contributed by atoms with van der Waals surface area (Å²) >= 11 is 19.9. The molecule has 3 aromatic carbocycles. The predicted octanol–water partition coefficient (Wildman–Crippen LogP) is 8.11. The monoisotopic (exact) mass is 726 g/mol. The van der Waals surface area contributed by atoms with Crippen LogP contribution in [0.15, 0.2) is 79.1 Å². The molecule has 4 atom stereocenters. The van der Waals surface area contributed by atoms with Crippen LogP contribution in [0.5, 0.6) is 5.75 Å². The Bertz CT molecular complexity index is 1840. The summed E-state index contributed by atoms with van der Waals surface area (Å²) in [7, 11) is 1.39. The van der Waals surface area contributed by atoms with Gasteiger partial charge in [0.05, 0.1) is 34.4 Å². The minimum atomic E-state index is -1.14. The summed E-state index contributed by atoms with van der Waals surface area (Å²) in [6.45, 7) is 6.94. The van der Waals surface area contributed by atoms with Crippen molar-refractivity contribution >= 4 is 52.4 Å². The van der Waals surface area contributed by atoms with Gasteiger partial charge in [-0.3, -0.25) is 9.78 Å². The summed E-state index contributed by atoms with van der Waals surface area (Å²) < 4.78 is 21.9. The number of carbonyl (C=O) groups is 2. The Kier molecular flexibility index (Phi) is 11.2. The van der Waals surface area contributed by atoms with E-state index in [2.05, 4.69) is 41.7 Å². The number of carboxylic acids is 1. The number of aromatic nitrogens is 1. The van der Waals surface area contributed by atoms with Gasteiger partial charge in [0, 0.05) is 47.9 Å². The molecule has 0 unspecified atom stereocenters. The zero-order valence-electron chi connectivity index (χ0n) is 27.5. The topological polar surface area (TPSA) is 113 Å². The van der Waals surface area contributed by atoms with Crippen molar-refractivity contribution in [1.29, 1.82) is 0 Å². The average molecular weight is 728 g/mol. The lowest BCUT2D eigenvalue weighted by atomic mass is 9.61. The van der Waals surface area contributed by atoms with Crippen molar-refractivity contribution in [2.45, 2.75) is 57.2 Å². The molecule has 8 nitrogen and oxygen atoms in total.